The number of rotatable bonds is 6. The van der Waals surface area contributed by atoms with Crippen LogP contribution in [0.4, 0.5) is 0 Å². The van der Waals surface area contributed by atoms with Gasteiger partial charge in [-0.1, -0.05) is 6.07 Å². The third-order valence-corrected chi connectivity index (χ3v) is 4.23. The number of hydrogen-bond donors (Lipinski definition) is 1. The van der Waals surface area contributed by atoms with Crippen molar-refractivity contribution in [3.05, 3.63) is 44.8 Å². The monoisotopic (exact) mass is 251 g/mol. The van der Waals surface area contributed by atoms with Gasteiger partial charge in [0.15, 0.2) is 0 Å². The first-order chi connectivity index (χ1) is 7.84. The van der Waals surface area contributed by atoms with Gasteiger partial charge in [0.25, 0.3) is 0 Å². The van der Waals surface area contributed by atoms with Crippen molar-refractivity contribution >= 4 is 22.7 Å². The van der Waals surface area contributed by atoms with Crippen LogP contribution in [-0.4, -0.2) is 12.6 Å². The van der Waals surface area contributed by atoms with E-state index in [-0.39, 0.29) is 0 Å². The maximum absolute atomic E-state index is 3.57. The van der Waals surface area contributed by atoms with Gasteiger partial charge in [-0.15, -0.1) is 11.3 Å². The van der Waals surface area contributed by atoms with E-state index >= 15 is 0 Å². The molecule has 0 radical (unpaired) electrons. The van der Waals surface area contributed by atoms with Gasteiger partial charge >= 0.3 is 0 Å². The van der Waals surface area contributed by atoms with Crippen molar-refractivity contribution in [3.8, 4) is 0 Å². The number of hydrogen-bond acceptors (Lipinski definition) is 3. The summed E-state index contributed by atoms with van der Waals surface area (Å²) in [4.78, 5) is 1.47. The molecule has 0 bridgehead atoms. The number of thiophene rings is 2. The van der Waals surface area contributed by atoms with Crippen LogP contribution < -0.4 is 5.32 Å². The zero-order valence-electron chi connectivity index (χ0n) is 9.48. The molecule has 1 N–H and O–H groups in total. The quantitative estimate of drug-likeness (QED) is 0.827. The van der Waals surface area contributed by atoms with Gasteiger partial charge in [-0.2, -0.15) is 11.3 Å². The van der Waals surface area contributed by atoms with Gasteiger partial charge in [-0.3, -0.25) is 0 Å². The zero-order chi connectivity index (χ0) is 11.2. The fraction of sp³-hybridized carbons (Fsp3) is 0.385. The molecule has 0 saturated carbocycles. The molecule has 3 heteroatoms. The van der Waals surface area contributed by atoms with Gasteiger partial charge in [0.2, 0.25) is 0 Å². The van der Waals surface area contributed by atoms with E-state index in [9.17, 15) is 0 Å². The second kappa shape index (κ2) is 6.18. The van der Waals surface area contributed by atoms with Crippen LogP contribution >= 0.6 is 22.7 Å². The lowest BCUT2D eigenvalue weighted by atomic mass is 10.1. The largest absolute Gasteiger partial charge is 0.314 e. The Hall–Kier alpha value is -0.640. The third kappa shape index (κ3) is 3.74. The lowest BCUT2D eigenvalue weighted by Gasteiger charge is -2.12. The molecule has 2 aromatic heterocycles. The highest BCUT2D eigenvalue weighted by Gasteiger charge is 2.03. The maximum Gasteiger partial charge on any atom is 0.00795 e. The maximum atomic E-state index is 3.57. The summed E-state index contributed by atoms with van der Waals surface area (Å²) in [5, 5.41) is 10.1. The Balaban J connectivity index is 1.66. The van der Waals surface area contributed by atoms with Crippen molar-refractivity contribution < 1.29 is 0 Å². The van der Waals surface area contributed by atoms with E-state index in [0.29, 0.717) is 6.04 Å². The molecule has 0 aliphatic rings. The fourth-order valence-corrected chi connectivity index (χ4v) is 3.12. The van der Waals surface area contributed by atoms with Gasteiger partial charge in [-0.05, 0) is 53.6 Å². The lowest BCUT2D eigenvalue weighted by Crippen LogP contribution is -2.29. The van der Waals surface area contributed by atoms with Gasteiger partial charge < -0.3 is 5.32 Å². The minimum Gasteiger partial charge on any atom is -0.314 e. The Morgan fingerprint density at radius 1 is 1.31 bits per heavy atom. The molecule has 0 aliphatic heterocycles. The number of nitrogens with one attached hydrogen (secondary N) is 1. The molecule has 0 aromatic carbocycles. The summed E-state index contributed by atoms with van der Waals surface area (Å²) < 4.78 is 0. The molecule has 0 spiro atoms. The van der Waals surface area contributed by atoms with Crippen LogP contribution in [0.25, 0.3) is 0 Å². The van der Waals surface area contributed by atoms with Crippen molar-refractivity contribution in [2.24, 2.45) is 0 Å². The molecular formula is C13H17NS2. The Bertz CT molecular complexity index is 378. The summed E-state index contributed by atoms with van der Waals surface area (Å²) in [6.45, 7) is 3.33. The highest BCUT2D eigenvalue weighted by molar-refractivity contribution is 7.09. The SMILES string of the molecule is CC(Cc1ccsc1)NCCc1cccs1. The molecular weight excluding hydrogens is 234 g/mol. The van der Waals surface area contributed by atoms with E-state index in [1.807, 2.05) is 11.3 Å². The molecule has 0 amide bonds. The second-order valence-corrected chi connectivity index (χ2v) is 5.83. The molecule has 1 unspecified atom stereocenters. The molecule has 2 heterocycles. The molecule has 0 saturated heterocycles. The predicted molar refractivity (Wildman–Crippen MR) is 73.5 cm³/mol. The molecule has 0 fully saturated rings. The van der Waals surface area contributed by atoms with Crippen LogP contribution in [-0.2, 0) is 12.8 Å². The molecule has 2 aromatic rings. The topological polar surface area (TPSA) is 12.0 Å². The fourth-order valence-electron chi connectivity index (χ4n) is 1.73. The predicted octanol–water partition coefficient (Wildman–Crippen LogP) is 3.57. The van der Waals surface area contributed by atoms with E-state index in [1.165, 1.54) is 10.4 Å². The average Bonchev–Trinajstić information content (AvgIpc) is 2.90. The van der Waals surface area contributed by atoms with Gasteiger partial charge in [0.1, 0.15) is 0 Å². The third-order valence-electron chi connectivity index (χ3n) is 2.57. The molecule has 0 aliphatic carbocycles. The standard InChI is InChI=1S/C13H17NS2/c1-11(9-12-5-8-15-10-12)14-6-4-13-3-2-7-16-13/h2-3,5,7-8,10-11,14H,4,6,9H2,1H3. The van der Waals surface area contributed by atoms with Crippen LogP contribution in [0.2, 0.25) is 0 Å². The van der Waals surface area contributed by atoms with Crippen LogP contribution in [0, 0.1) is 0 Å². The van der Waals surface area contributed by atoms with E-state index in [1.54, 1.807) is 11.3 Å². The van der Waals surface area contributed by atoms with Crippen LogP contribution in [0.3, 0.4) is 0 Å². The molecule has 1 nitrogen and oxygen atoms in total. The average molecular weight is 251 g/mol. The smallest absolute Gasteiger partial charge is 0.00795 e. The van der Waals surface area contributed by atoms with E-state index in [4.69, 9.17) is 0 Å². The molecule has 16 heavy (non-hydrogen) atoms. The minimum atomic E-state index is 0.564. The summed E-state index contributed by atoms with van der Waals surface area (Å²) in [6.07, 6.45) is 2.28. The first-order valence-corrected chi connectivity index (χ1v) is 7.43. The highest BCUT2D eigenvalue weighted by atomic mass is 32.1. The van der Waals surface area contributed by atoms with Gasteiger partial charge in [0.05, 0.1) is 0 Å². The summed E-state index contributed by atoms with van der Waals surface area (Å²) in [5.41, 5.74) is 1.45. The summed E-state index contributed by atoms with van der Waals surface area (Å²) in [6, 6.07) is 7.10. The Morgan fingerprint density at radius 3 is 2.94 bits per heavy atom. The van der Waals surface area contributed by atoms with Crippen LogP contribution in [0.15, 0.2) is 34.3 Å². The molecule has 2 rings (SSSR count). The Morgan fingerprint density at radius 2 is 2.25 bits per heavy atom. The minimum absolute atomic E-state index is 0.564. The van der Waals surface area contributed by atoms with Gasteiger partial charge in [-0.25, -0.2) is 0 Å². The van der Waals surface area contributed by atoms with E-state index in [2.05, 4.69) is 46.6 Å². The van der Waals surface area contributed by atoms with Crippen LogP contribution in [0.5, 0.6) is 0 Å². The van der Waals surface area contributed by atoms with Crippen molar-refractivity contribution in [2.45, 2.75) is 25.8 Å². The molecule has 1 atom stereocenters. The lowest BCUT2D eigenvalue weighted by molar-refractivity contribution is 0.550. The Labute approximate surface area is 105 Å². The van der Waals surface area contributed by atoms with Crippen LogP contribution in [0.1, 0.15) is 17.4 Å². The van der Waals surface area contributed by atoms with Crippen molar-refractivity contribution in [1.29, 1.82) is 0 Å². The van der Waals surface area contributed by atoms with Gasteiger partial charge in [0, 0.05) is 17.5 Å². The Kier molecular flexibility index (Phi) is 4.57. The van der Waals surface area contributed by atoms with E-state index < -0.39 is 0 Å². The van der Waals surface area contributed by atoms with Crippen molar-refractivity contribution in [1.82, 2.24) is 5.32 Å². The highest BCUT2D eigenvalue weighted by Crippen LogP contribution is 2.10. The summed E-state index contributed by atoms with van der Waals surface area (Å²) >= 11 is 3.62. The zero-order valence-corrected chi connectivity index (χ0v) is 11.1. The first kappa shape index (κ1) is 11.8. The summed E-state index contributed by atoms with van der Waals surface area (Å²) in [5.74, 6) is 0. The first-order valence-electron chi connectivity index (χ1n) is 5.61. The van der Waals surface area contributed by atoms with Crippen molar-refractivity contribution in [3.63, 3.8) is 0 Å². The molecule has 86 valence electrons. The van der Waals surface area contributed by atoms with E-state index in [0.717, 1.165) is 19.4 Å². The second-order valence-electron chi connectivity index (χ2n) is 4.02. The van der Waals surface area contributed by atoms with Crippen molar-refractivity contribution in [2.75, 3.05) is 6.54 Å². The summed E-state index contributed by atoms with van der Waals surface area (Å²) in [7, 11) is 0. The normalized spacial score (nSPS) is 12.8.